The first-order valence-electron chi connectivity index (χ1n) is 6.07. The molecule has 0 aromatic heterocycles. The molecule has 1 unspecified atom stereocenters. The van der Waals surface area contributed by atoms with Gasteiger partial charge in [0.05, 0.1) is 5.38 Å². The largest absolute Gasteiger partial charge is 0.207 e. The van der Waals surface area contributed by atoms with Gasteiger partial charge in [-0.1, -0.05) is 12.1 Å². The Hall–Kier alpha value is -0.990. The van der Waals surface area contributed by atoms with Gasteiger partial charge in [-0.25, -0.2) is 4.39 Å². The number of hydrogen-bond acceptors (Lipinski definition) is 1. The number of hydrogen-bond donors (Lipinski definition) is 0. The Bertz CT molecular complexity index is 555. The van der Waals surface area contributed by atoms with Crippen LogP contribution in [0.4, 0.5) is 4.39 Å². The van der Waals surface area contributed by atoms with E-state index in [-0.39, 0.29) is 11.2 Å². The van der Waals surface area contributed by atoms with Crippen molar-refractivity contribution in [1.29, 1.82) is 0 Å². The highest BCUT2D eigenvalue weighted by Gasteiger charge is 2.16. The Morgan fingerprint density at radius 2 is 1.58 bits per heavy atom. The van der Waals surface area contributed by atoms with E-state index < -0.39 is 0 Å². The highest BCUT2D eigenvalue weighted by molar-refractivity contribution is 7.98. The van der Waals surface area contributed by atoms with Gasteiger partial charge in [0.15, 0.2) is 0 Å². The Balaban J connectivity index is 2.40. The molecule has 0 N–H and O–H groups in total. The summed E-state index contributed by atoms with van der Waals surface area (Å²) in [5, 5.41) is -0.239. The molecule has 0 amide bonds. The Labute approximate surface area is 123 Å². The van der Waals surface area contributed by atoms with Crippen molar-refractivity contribution in [3.63, 3.8) is 0 Å². The van der Waals surface area contributed by atoms with Crippen LogP contribution in [0.25, 0.3) is 0 Å². The summed E-state index contributed by atoms with van der Waals surface area (Å²) in [5.74, 6) is -0.208. The number of alkyl halides is 1. The molecule has 2 rings (SSSR count). The van der Waals surface area contributed by atoms with Crippen molar-refractivity contribution in [2.75, 3.05) is 6.26 Å². The smallest absolute Gasteiger partial charge is 0.123 e. The molecule has 0 aliphatic carbocycles. The van der Waals surface area contributed by atoms with Crippen LogP contribution in [-0.2, 0) is 0 Å². The van der Waals surface area contributed by atoms with E-state index in [0.29, 0.717) is 0 Å². The molecular formula is C16H16ClFS. The van der Waals surface area contributed by atoms with Crippen LogP contribution in [0, 0.1) is 19.7 Å². The molecule has 2 aromatic rings. The standard InChI is InChI=1S/C16H16ClFS/c1-10-8-13(18)9-11(2)15(10)16(17)12-4-6-14(19-3)7-5-12/h4-9,16H,1-3H3. The predicted molar refractivity (Wildman–Crippen MR) is 81.8 cm³/mol. The number of aryl methyl sites for hydroxylation is 2. The summed E-state index contributed by atoms with van der Waals surface area (Å²) in [7, 11) is 0. The third kappa shape index (κ3) is 3.13. The summed E-state index contributed by atoms with van der Waals surface area (Å²) in [6.45, 7) is 3.80. The number of benzene rings is 2. The van der Waals surface area contributed by atoms with Crippen molar-refractivity contribution in [2.24, 2.45) is 0 Å². The molecule has 3 heteroatoms. The maximum atomic E-state index is 13.3. The molecule has 0 aliphatic rings. The molecule has 100 valence electrons. The van der Waals surface area contributed by atoms with Gasteiger partial charge in [0.2, 0.25) is 0 Å². The minimum atomic E-state index is -0.239. The van der Waals surface area contributed by atoms with Gasteiger partial charge in [-0.05, 0) is 66.6 Å². The summed E-state index contributed by atoms with van der Waals surface area (Å²) >= 11 is 8.26. The van der Waals surface area contributed by atoms with Gasteiger partial charge < -0.3 is 0 Å². The molecule has 19 heavy (non-hydrogen) atoms. The van der Waals surface area contributed by atoms with Gasteiger partial charge in [0, 0.05) is 4.90 Å². The summed E-state index contributed by atoms with van der Waals surface area (Å²) in [5.41, 5.74) is 3.83. The molecule has 0 heterocycles. The zero-order valence-electron chi connectivity index (χ0n) is 11.2. The van der Waals surface area contributed by atoms with E-state index in [1.807, 2.05) is 32.2 Å². The average Bonchev–Trinajstić information content (AvgIpc) is 2.37. The molecule has 0 aliphatic heterocycles. The molecule has 2 aromatic carbocycles. The monoisotopic (exact) mass is 294 g/mol. The zero-order chi connectivity index (χ0) is 14.0. The predicted octanol–water partition coefficient (Wildman–Crippen LogP) is 5.49. The lowest BCUT2D eigenvalue weighted by atomic mass is 9.95. The first-order chi connectivity index (χ1) is 9.02. The SMILES string of the molecule is CSc1ccc(C(Cl)c2c(C)cc(F)cc2C)cc1. The average molecular weight is 295 g/mol. The minimum absolute atomic E-state index is 0.208. The van der Waals surface area contributed by atoms with Crippen LogP contribution in [0.15, 0.2) is 41.3 Å². The second-order valence-corrected chi connectivity index (χ2v) is 5.91. The van der Waals surface area contributed by atoms with E-state index in [1.165, 1.54) is 17.0 Å². The van der Waals surface area contributed by atoms with E-state index in [2.05, 4.69) is 12.1 Å². The molecule has 0 nitrogen and oxygen atoms in total. The van der Waals surface area contributed by atoms with Crippen molar-refractivity contribution < 1.29 is 4.39 Å². The third-order valence-electron chi connectivity index (χ3n) is 3.22. The highest BCUT2D eigenvalue weighted by Crippen LogP contribution is 2.34. The molecule has 0 spiro atoms. The fourth-order valence-corrected chi connectivity index (χ4v) is 3.16. The number of thioether (sulfide) groups is 1. The van der Waals surface area contributed by atoms with Crippen molar-refractivity contribution in [3.8, 4) is 0 Å². The molecule has 0 fully saturated rings. The van der Waals surface area contributed by atoms with E-state index in [1.54, 1.807) is 11.8 Å². The lowest BCUT2D eigenvalue weighted by Crippen LogP contribution is -2.00. The van der Waals surface area contributed by atoms with E-state index in [9.17, 15) is 4.39 Å². The van der Waals surface area contributed by atoms with Gasteiger partial charge in [-0.15, -0.1) is 23.4 Å². The molecule has 0 bridgehead atoms. The van der Waals surface area contributed by atoms with Crippen molar-refractivity contribution in [1.82, 2.24) is 0 Å². The van der Waals surface area contributed by atoms with E-state index in [4.69, 9.17) is 11.6 Å². The second-order valence-electron chi connectivity index (χ2n) is 4.59. The topological polar surface area (TPSA) is 0 Å². The van der Waals surface area contributed by atoms with Crippen LogP contribution >= 0.6 is 23.4 Å². The zero-order valence-corrected chi connectivity index (χ0v) is 12.8. The fourth-order valence-electron chi connectivity index (χ4n) is 2.26. The number of rotatable bonds is 3. The summed E-state index contributed by atoms with van der Waals surface area (Å²) in [6.07, 6.45) is 2.04. The van der Waals surface area contributed by atoms with Gasteiger partial charge >= 0.3 is 0 Å². The van der Waals surface area contributed by atoms with Crippen LogP contribution in [0.1, 0.15) is 27.6 Å². The first kappa shape index (κ1) is 14.4. The summed E-state index contributed by atoms with van der Waals surface area (Å²) in [4.78, 5) is 1.21. The molecule has 0 saturated carbocycles. The van der Waals surface area contributed by atoms with Gasteiger partial charge in [-0.3, -0.25) is 0 Å². The van der Waals surface area contributed by atoms with Crippen molar-refractivity contribution >= 4 is 23.4 Å². The Morgan fingerprint density at radius 1 is 1.05 bits per heavy atom. The normalized spacial score (nSPS) is 12.5. The fraction of sp³-hybridized carbons (Fsp3) is 0.250. The van der Waals surface area contributed by atoms with E-state index in [0.717, 1.165) is 22.3 Å². The second kappa shape index (κ2) is 5.98. The van der Waals surface area contributed by atoms with Crippen LogP contribution in [0.3, 0.4) is 0 Å². The highest BCUT2D eigenvalue weighted by atomic mass is 35.5. The lowest BCUT2D eigenvalue weighted by molar-refractivity contribution is 0.624. The minimum Gasteiger partial charge on any atom is -0.207 e. The first-order valence-corrected chi connectivity index (χ1v) is 7.73. The molecule has 1 atom stereocenters. The molecule has 0 saturated heterocycles. The van der Waals surface area contributed by atoms with Gasteiger partial charge in [0.1, 0.15) is 5.82 Å². The quantitative estimate of drug-likeness (QED) is 0.532. The maximum absolute atomic E-state index is 13.3. The van der Waals surface area contributed by atoms with Crippen molar-refractivity contribution in [2.45, 2.75) is 24.1 Å². The molecule has 0 radical (unpaired) electrons. The van der Waals surface area contributed by atoms with E-state index >= 15 is 0 Å². The van der Waals surface area contributed by atoms with Crippen LogP contribution in [-0.4, -0.2) is 6.26 Å². The Kier molecular flexibility index (Phi) is 4.54. The molecular weight excluding hydrogens is 279 g/mol. The van der Waals surface area contributed by atoms with Crippen LogP contribution < -0.4 is 0 Å². The number of halogens is 2. The lowest BCUT2D eigenvalue weighted by Gasteiger charge is -2.16. The third-order valence-corrected chi connectivity index (χ3v) is 4.43. The maximum Gasteiger partial charge on any atom is 0.123 e. The van der Waals surface area contributed by atoms with Crippen molar-refractivity contribution in [3.05, 3.63) is 64.5 Å². The summed E-state index contributed by atoms with van der Waals surface area (Å²) in [6, 6.07) is 11.3. The van der Waals surface area contributed by atoms with Crippen LogP contribution in [0.2, 0.25) is 0 Å². The van der Waals surface area contributed by atoms with Crippen LogP contribution in [0.5, 0.6) is 0 Å². The van der Waals surface area contributed by atoms with Gasteiger partial charge in [-0.2, -0.15) is 0 Å². The summed E-state index contributed by atoms with van der Waals surface area (Å²) < 4.78 is 13.3. The Morgan fingerprint density at radius 3 is 2.05 bits per heavy atom. The van der Waals surface area contributed by atoms with Gasteiger partial charge in [0.25, 0.3) is 0 Å².